The first-order valence-electron chi connectivity index (χ1n) is 5.27. The molecule has 0 unspecified atom stereocenters. The van der Waals surface area contributed by atoms with Gasteiger partial charge in [-0.1, -0.05) is 54.6 Å². The van der Waals surface area contributed by atoms with E-state index < -0.39 is 0 Å². The molecule has 0 atom stereocenters. The maximum absolute atomic E-state index is 5.76. The van der Waals surface area contributed by atoms with Gasteiger partial charge in [0.25, 0.3) is 0 Å². The van der Waals surface area contributed by atoms with Gasteiger partial charge < -0.3 is 5.73 Å². The number of hydrogen-bond donors (Lipinski definition) is 1. The smallest absolute Gasteiger partial charge is 0.181 e. The van der Waals surface area contributed by atoms with Crippen molar-refractivity contribution in [1.82, 2.24) is 4.98 Å². The van der Waals surface area contributed by atoms with Crippen LogP contribution in [0.5, 0.6) is 0 Å². The highest BCUT2D eigenvalue weighted by molar-refractivity contribution is 8.01. The summed E-state index contributed by atoms with van der Waals surface area (Å²) in [6.07, 6.45) is 2.11. The molecule has 2 N–H and O–H groups in total. The summed E-state index contributed by atoms with van der Waals surface area (Å²) in [7, 11) is 0. The predicted octanol–water partition coefficient (Wildman–Crippen LogP) is 3.83. The van der Waals surface area contributed by atoms with Crippen molar-refractivity contribution in [2.45, 2.75) is 28.9 Å². The Kier molecular flexibility index (Phi) is 3.85. The lowest BCUT2D eigenvalue weighted by Gasteiger charge is -2.00. The zero-order valence-corrected chi connectivity index (χ0v) is 10.8. The van der Waals surface area contributed by atoms with Crippen molar-refractivity contribution in [2.24, 2.45) is 0 Å². The maximum atomic E-state index is 5.76. The minimum absolute atomic E-state index is 0.668. The van der Waals surface area contributed by atoms with Gasteiger partial charge in [-0.2, -0.15) is 0 Å². The van der Waals surface area contributed by atoms with Gasteiger partial charge in [0, 0.05) is 4.90 Å². The molecule has 4 heteroatoms. The summed E-state index contributed by atoms with van der Waals surface area (Å²) in [5.41, 5.74) is 6.90. The molecule has 2 aromatic rings. The Bertz CT molecular complexity index is 451. The highest BCUT2D eigenvalue weighted by Crippen LogP contribution is 2.36. The molecule has 0 aliphatic heterocycles. The lowest BCUT2D eigenvalue weighted by Crippen LogP contribution is -1.87. The van der Waals surface area contributed by atoms with Crippen LogP contribution in [-0.2, 0) is 6.42 Å². The van der Waals surface area contributed by atoms with Gasteiger partial charge in [-0.25, -0.2) is 4.98 Å². The van der Waals surface area contributed by atoms with Crippen molar-refractivity contribution < 1.29 is 0 Å². The summed E-state index contributed by atoms with van der Waals surface area (Å²) in [6.45, 7) is 2.16. The Morgan fingerprint density at radius 3 is 2.75 bits per heavy atom. The average molecular weight is 250 g/mol. The monoisotopic (exact) mass is 250 g/mol. The van der Waals surface area contributed by atoms with Crippen molar-refractivity contribution in [2.75, 3.05) is 5.73 Å². The standard InChI is InChI=1S/C12H14N2S2/c1-2-6-10-11(16-12(13)14-10)15-9-7-4-3-5-8-9/h3-5,7-8H,2,6H2,1H3,(H2,13,14). The fraction of sp³-hybridized carbons (Fsp3) is 0.250. The number of thiazole rings is 1. The number of aryl methyl sites for hydroxylation is 1. The van der Waals surface area contributed by atoms with E-state index in [1.54, 1.807) is 23.1 Å². The summed E-state index contributed by atoms with van der Waals surface area (Å²) in [5.74, 6) is 0. The van der Waals surface area contributed by atoms with Crippen LogP contribution in [0.4, 0.5) is 5.13 Å². The Labute approximate surface area is 104 Å². The molecule has 0 amide bonds. The molecular weight excluding hydrogens is 236 g/mol. The summed E-state index contributed by atoms with van der Waals surface area (Å²) >= 11 is 3.33. The highest BCUT2D eigenvalue weighted by atomic mass is 32.2. The third kappa shape index (κ3) is 2.77. The van der Waals surface area contributed by atoms with Crippen LogP contribution in [0.15, 0.2) is 39.4 Å². The molecular formula is C12H14N2S2. The summed E-state index contributed by atoms with van der Waals surface area (Å²) in [4.78, 5) is 5.61. The first kappa shape index (κ1) is 11.5. The third-order valence-electron chi connectivity index (χ3n) is 2.12. The van der Waals surface area contributed by atoms with Crippen LogP contribution in [0, 0.1) is 0 Å². The van der Waals surface area contributed by atoms with Crippen LogP contribution in [0.2, 0.25) is 0 Å². The Balaban J connectivity index is 2.20. The molecule has 2 rings (SSSR count). The molecule has 0 fully saturated rings. The van der Waals surface area contributed by atoms with Gasteiger partial charge in [-0.05, 0) is 18.6 Å². The predicted molar refractivity (Wildman–Crippen MR) is 71.1 cm³/mol. The molecule has 0 spiro atoms. The van der Waals surface area contributed by atoms with E-state index in [9.17, 15) is 0 Å². The first-order chi connectivity index (χ1) is 7.79. The largest absolute Gasteiger partial charge is 0.375 e. The van der Waals surface area contributed by atoms with E-state index in [4.69, 9.17) is 5.73 Å². The fourth-order valence-electron chi connectivity index (χ4n) is 1.43. The second-order valence-electron chi connectivity index (χ2n) is 3.45. The molecule has 84 valence electrons. The Hall–Kier alpha value is -1.00. The average Bonchev–Trinajstić information content (AvgIpc) is 2.61. The number of hydrogen-bond acceptors (Lipinski definition) is 4. The molecule has 0 saturated heterocycles. The lowest BCUT2D eigenvalue weighted by molar-refractivity contribution is 0.876. The van der Waals surface area contributed by atoms with Crippen LogP contribution in [0.1, 0.15) is 19.0 Å². The molecule has 0 bridgehead atoms. The van der Waals surface area contributed by atoms with Gasteiger partial charge >= 0.3 is 0 Å². The molecule has 0 saturated carbocycles. The number of nitrogen functional groups attached to an aromatic ring is 1. The van der Waals surface area contributed by atoms with Gasteiger partial charge in [0.05, 0.1) is 9.90 Å². The number of nitrogens with zero attached hydrogens (tertiary/aromatic N) is 1. The minimum Gasteiger partial charge on any atom is -0.375 e. The van der Waals surface area contributed by atoms with Gasteiger partial charge in [-0.15, -0.1) is 0 Å². The van der Waals surface area contributed by atoms with E-state index in [-0.39, 0.29) is 0 Å². The molecule has 0 aliphatic rings. The second-order valence-corrected chi connectivity index (χ2v) is 5.82. The Morgan fingerprint density at radius 1 is 1.31 bits per heavy atom. The summed E-state index contributed by atoms with van der Waals surface area (Å²) < 4.78 is 1.23. The summed E-state index contributed by atoms with van der Waals surface area (Å²) in [6, 6.07) is 10.3. The van der Waals surface area contributed by atoms with E-state index >= 15 is 0 Å². The minimum atomic E-state index is 0.668. The number of nitrogens with two attached hydrogens (primary N) is 1. The van der Waals surface area contributed by atoms with Crippen molar-refractivity contribution in [1.29, 1.82) is 0 Å². The van der Waals surface area contributed by atoms with Crippen molar-refractivity contribution in [3.05, 3.63) is 36.0 Å². The Morgan fingerprint density at radius 2 is 2.06 bits per heavy atom. The van der Waals surface area contributed by atoms with Crippen molar-refractivity contribution in [3.63, 3.8) is 0 Å². The zero-order chi connectivity index (χ0) is 11.4. The van der Waals surface area contributed by atoms with Gasteiger partial charge in [-0.3, -0.25) is 0 Å². The number of aromatic nitrogens is 1. The van der Waals surface area contributed by atoms with Gasteiger partial charge in [0.15, 0.2) is 5.13 Å². The van der Waals surface area contributed by atoms with Crippen LogP contribution in [-0.4, -0.2) is 4.98 Å². The lowest BCUT2D eigenvalue weighted by atomic mass is 10.3. The second kappa shape index (κ2) is 5.37. The number of rotatable bonds is 4. The van der Waals surface area contributed by atoms with Crippen LogP contribution in [0.25, 0.3) is 0 Å². The molecule has 16 heavy (non-hydrogen) atoms. The van der Waals surface area contributed by atoms with E-state index in [2.05, 4.69) is 24.0 Å². The van der Waals surface area contributed by atoms with Gasteiger partial charge in [0.2, 0.25) is 0 Å². The van der Waals surface area contributed by atoms with E-state index in [0.717, 1.165) is 18.5 Å². The quantitative estimate of drug-likeness (QED) is 0.896. The number of anilines is 1. The normalized spacial score (nSPS) is 10.6. The third-order valence-corrected chi connectivity index (χ3v) is 4.27. The van der Waals surface area contributed by atoms with Crippen LogP contribution in [0.3, 0.4) is 0 Å². The SMILES string of the molecule is CCCc1nc(N)sc1Sc1ccccc1. The summed E-state index contributed by atoms with van der Waals surface area (Å²) in [5, 5.41) is 0.668. The van der Waals surface area contributed by atoms with E-state index in [1.807, 2.05) is 18.2 Å². The van der Waals surface area contributed by atoms with Crippen molar-refractivity contribution in [3.8, 4) is 0 Å². The fourth-order valence-corrected chi connectivity index (χ4v) is 3.52. The first-order valence-corrected chi connectivity index (χ1v) is 6.91. The maximum Gasteiger partial charge on any atom is 0.181 e. The molecule has 0 aliphatic carbocycles. The van der Waals surface area contributed by atoms with Gasteiger partial charge in [0.1, 0.15) is 0 Å². The molecule has 1 heterocycles. The van der Waals surface area contributed by atoms with Crippen molar-refractivity contribution >= 4 is 28.2 Å². The zero-order valence-electron chi connectivity index (χ0n) is 9.14. The molecule has 2 nitrogen and oxygen atoms in total. The van der Waals surface area contributed by atoms with E-state index in [0.29, 0.717) is 5.13 Å². The molecule has 1 aromatic carbocycles. The molecule has 0 radical (unpaired) electrons. The number of benzene rings is 1. The van der Waals surface area contributed by atoms with Crippen LogP contribution >= 0.6 is 23.1 Å². The van der Waals surface area contributed by atoms with Crippen LogP contribution < -0.4 is 5.73 Å². The highest BCUT2D eigenvalue weighted by Gasteiger charge is 2.09. The van der Waals surface area contributed by atoms with E-state index in [1.165, 1.54) is 9.10 Å². The topological polar surface area (TPSA) is 38.9 Å². The molecule has 1 aromatic heterocycles.